The molecule has 1 aromatic heterocycles. The average Bonchev–Trinajstić information content (AvgIpc) is 2.51. The number of aromatic nitrogens is 1. The van der Waals surface area contributed by atoms with Crippen molar-refractivity contribution in [2.45, 2.75) is 19.9 Å². The highest BCUT2D eigenvalue weighted by molar-refractivity contribution is 5.02. The summed E-state index contributed by atoms with van der Waals surface area (Å²) < 4.78 is 5.04. The van der Waals surface area contributed by atoms with Crippen LogP contribution < -0.4 is 10.6 Å². The van der Waals surface area contributed by atoms with Crippen molar-refractivity contribution in [1.29, 1.82) is 0 Å². The van der Waals surface area contributed by atoms with Crippen LogP contribution in [-0.2, 0) is 6.54 Å². The van der Waals surface area contributed by atoms with Crippen molar-refractivity contribution >= 4 is 0 Å². The third kappa shape index (κ3) is 4.05. The van der Waals surface area contributed by atoms with E-state index < -0.39 is 0 Å². The molecule has 0 unspecified atom stereocenters. The molecule has 4 nitrogen and oxygen atoms in total. The summed E-state index contributed by atoms with van der Waals surface area (Å²) in [6, 6.07) is 1.95. The van der Waals surface area contributed by atoms with Crippen molar-refractivity contribution in [3.63, 3.8) is 0 Å². The summed E-state index contributed by atoms with van der Waals surface area (Å²) >= 11 is 0. The van der Waals surface area contributed by atoms with Crippen LogP contribution in [0.25, 0.3) is 0 Å². The van der Waals surface area contributed by atoms with E-state index in [1.807, 2.05) is 20.0 Å². The van der Waals surface area contributed by atoms with E-state index in [1.165, 1.54) is 0 Å². The van der Waals surface area contributed by atoms with Crippen LogP contribution in [0.4, 0.5) is 0 Å². The van der Waals surface area contributed by atoms with E-state index >= 15 is 0 Å². The van der Waals surface area contributed by atoms with Gasteiger partial charge in [0.05, 0.1) is 12.2 Å². The largest absolute Gasteiger partial charge is 0.360 e. The summed E-state index contributed by atoms with van der Waals surface area (Å²) in [6.45, 7) is 4.74. The molecule has 0 atom stereocenters. The lowest BCUT2D eigenvalue weighted by atomic mass is 10.3. The number of aryl methyl sites for hydroxylation is 1. The number of nitrogens with zero attached hydrogens (tertiary/aromatic N) is 1. The molecule has 74 valence electrons. The highest BCUT2D eigenvalue weighted by atomic mass is 16.5. The molecule has 0 saturated carbocycles. The summed E-state index contributed by atoms with van der Waals surface area (Å²) in [4.78, 5) is 0. The molecule has 0 aliphatic heterocycles. The summed E-state index contributed by atoms with van der Waals surface area (Å²) in [5, 5.41) is 10.2. The van der Waals surface area contributed by atoms with Crippen LogP contribution in [-0.4, -0.2) is 25.3 Å². The quantitative estimate of drug-likeness (QED) is 0.637. The first-order valence-electron chi connectivity index (χ1n) is 4.60. The Morgan fingerprint density at radius 2 is 2.31 bits per heavy atom. The molecule has 1 aromatic rings. The zero-order chi connectivity index (χ0) is 9.52. The lowest BCUT2D eigenvalue weighted by molar-refractivity contribution is 0.369. The number of nitrogens with one attached hydrogen (secondary N) is 2. The van der Waals surface area contributed by atoms with Gasteiger partial charge in [-0.15, -0.1) is 0 Å². The minimum absolute atomic E-state index is 0.768. The Balaban J connectivity index is 2.06. The van der Waals surface area contributed by atoms with Gasteiger partial charge in [-0.05, 0) is 33.5 Å². The molecular weight excluding hydrogens is 166 g/mol. The van der Waals surface area contributed by atoms with Gasteiger partial charge in [-0.1, -0.05) is 5.16 Å². The average molecular weight is 183 g/mol. The topological polar surface area (TPSA) is 50.1 Å². The second-order valence-corrected chi connectivity index (χ2v) is 3.07. The van der Waals surface area contributed by atoms with Gasteiger partial charge in [-0.2, -0.15) is 0 Å². The zero-order valence-electron chi connectivity index (χ0n) is 8.26. The molecule has 0 spiro atoms. The Morgan fingerprint density at radius 3 is 2.92 bits per heavy atom. The number of rotatable bonds is 6. The van der Waals surface area contributed by atoms with Crippen molar-refractivity contribution in [2.24, 2.45) is 0 Å². The molecule has 0 aliphatic rings. The van der Waals surface area contributed by atoms with Gasteiger partial charge in [0.2, 0.25) is 0 Å². The van der Waals surface area contributed by atoms with E-state index in [4.69, 9.17) is 4.52 Å². The molecular formula is C9H17N3O. The van der Waals surface area contributed by atoms with Crippen LogP contribution in [0.15, 0.2) is 10.6 Å². The van der Waals surface area contributed by atoms with Gasteiger partial charge in [0.15, 0.2) is 5.76 Å². The van der Waals surface area contributed by atoms with Crippen molar-refractivity contribution in [1.82, 2.24) is 15.8 Å². The van der Waals surface area contributed by atoms with Gasteiger partial charge in [-0.25, -0.2) is 0 Å². The standard InChI is InChI=1S/C9H17N3O/c1-8-6-9(13-12-8)7-11-5-3-4-10-2/h6,10-11H,3-5,7H2,1-2H3. The van der Waals surface area contributed by atoms with Crippen molar-refractivity contribution in [3.8, 4) is 0 Å². The fourth-order valence-electron chi connectivity index (χ4n) is 1.10. The highest BCUT2D eigenvalue weighted by Gasteiger charge is 1.98. The minimum Gasteiger partial charge on any atom is -0.360 e. The summed E-state index contributed by atoms with van der Waals surface area (Å²) in [6.07, 6.45) is 1.13. The monoisotopic (exact) mass is 183 g/mol. The summed E-state index contributed by atoms with van der Waals surface area (Å²) in [7, 11) is 1.96. The second-order valence-electron chi connectivity index (χ2n) is 3.07. The number of hydrogen-bond acceptors (Lipinski definition) is 4. The van der Waals surface area contributed by atoms with E-state index in [2.05, 4.69) is 15.8 Å². The third-order valence-electron chi connectivity index (χ3n) is 1.76. The Labute approximate surface area is 78.7 Å². The SMILES string of the molecule is CNCCCNCc1cc(C)no1. The zero-order valence-corrected chi connectivity index (χ0v) is 8.26. The van der Waals surface area contributed by atoms with E-state index in [-0.39, 0.29) is 0 Å². The van der Waals surface area contributed by atoms with Crippen LogP contribution in [0, 0.1) is 6.92 Å². The molecule has 2 N–H and O–H groups in total. The summed E-state index contributed by atoms with van der Waals surface area (Å²) in [5.41, 5.74) is 0.937. The predicted molar refractivity (Wildman–Crippen MR) is 51.5 cm³/mol. The maximum Gasteiger partial charge on any atom is 0.150 e. The maximum absolute atomic E-state index is 5.04. The van der Waals surface area contributed by atoms with E-state index in [1.54, 1.807) is 0 Å². The first-order valence-corrected chi connectivity index (χ1v) is 4.60. The van der Waals surface area contributed by atoms with Crippen molar-refractivity contribution in [3.05, 3.63) is 17.5 Å². The van der Waals surface area contributed by atoms with Crippen LogP contribution in [0.2, 0.25) is 0 Å². The molecule has 0 aliphatic carbocycles. The second kappa shape index (κ2) is 5.72. The Bertz CT molecular complexity index is 235. The van der Waals surface area contributed by atoms with Crippen LogP contribution in [0.3, 0.4) is 0 Å². The smallest absolute Gasteiger partial charge is 0.150 e. The van der Waals surface area contributed by atoms with Gasteiger partial charge in [0.1, 0.15) is 0 Å². The molecule has 0 saturated heterocycles. The fraction of sp³-hybridized carbons (Fsp3) is 0.667. The Kier molecular flexibility index (Phi) is 4.49. The molecule has 4 heteroatoms. The first-order chi connectivity index (χ1) is 6.33. The minimum atomic E-state index is 0.768. The molecule has 0 radical (unpaired) electrons. The van der Waals surface area contributed by atoms with Crippen molar-refractivity contribution in [2.75, 3.05) is 20.1 Å². The molecule has 1 heterocycles. The van der Waals surface area contributed by atoms with Gasteiger partial charge in [-0.3, -0.25) is 0 Å². The lowest BCUT2D eigenvalue weighted by Gasteiger charge is -2.00. The molecule has 13 heavy (non-hydrogen) atoms. The van der Waals surface area contributed by atoms with Gasteiger partial charge >= 0.3 is 0 Å². The van der Waals surface area contributed by atoms with Crippen molar-refractivity contribution < 1.29 is 4.52 Å². The molecule has 0 aromatic carbocycles. The molecule has 1 rings (SSSR count). The molecule has 0 fully saturated rings. The van der Waals surface area contributed by atoms with Crippen LogP contribution in [0.5, 0.6) is 0 Å². The van der Waals surface area contributed by atoms with Crippen LogP contribution >= 0.6 is 0 Å². The van der Waals surface area contributed by atoms with Gasteiger partial charge < -0.3 is 15.2 Å². The molecule has 0 bridgehead atoms. The van der Waals surface area contributed by atoms with E-state index in [0.29, 0.717) is 0 Å². The highest BCUT2D eigenvalue weighted by Crippen LogP contribution is 2.00. The number of hydrogen-bond donors (Lipinski definition) is 2. The Morgan fingerprint density at radius 1 is 1.46 bits per heavy atom. The maximum atomic E-state index is 5.04. The van der Waals surface area contributed by atoms with Gasteiger partial charge in [0.25, 0.3) is 0 Å². The fourth-order valence-corrected chi connectivity index (χ4v) is 1.10. The van der Waals surface area contributed by atoms with E-state index in [0.717, 1.165) is 37.5 Å². The first kappa shape index (κ1) is 10.2. The Hall–Kier alpha value is -0.870. The van der Waals surface area contributed by atoms with E-state index in [9.17, 15) is 0 Å². The third-order valence-corrected chi connectivity index (χ3v) is 1.76. The summed E-state index contributed by atoms with van der Waals surface area (Å²) in [5.74, 6) is 0.905. The van der Waals surface area contributed by atoms with Gasteiger partial charge in [0, 0.05) is 6.07 Å². The lowest BCUT2D eigenvalue weighted by Crippen LogP contribution is -2.19. The van der Waals surface area contributed by atoms with Crippen LogP contribution in [0.1, 0.15) is 17.9 Å². The predicted octanol–water partition coefficient (Wildman–Crippen LogP) is 0.682. The molecule has 0 amide bonds. The normalized spacial score (nSPS) is 10.6.